The number of carbonyl (C=O) groups excluding carboxylic acids is 2. The average molecular weight is 496 g/mol. The van der Waals surface area contributed by atoms with Gasteiger partial charge in [0.1, 0.15) is 11.5 Å². The molecule has 0 N–H and O–H groups in total. The topological polar surface area (TPSA) is 75.2 Å². The van der Waals surface area contributed by atoms with Crippen molar-refractivity contribution in [2.24, 2.45) is 7.05 Å². The second-order valence-electron chi connectivity index (χ2n) is 8.15. The summed E-state index contributed by atoms with van der Waals surface area (Å²) < 4.78 is 24.1. The Hall–Kier alpha value is -3.91. The summed E-state index contributed by atoms with van der Waals surface area (Å²) in [6.45, 7) is 4.77. The number of aryl methyl sites for hydroxylation is 1. The van der Waals surface area contributed by atoms with Crippen LogP contribution in [-0.4, -0.2) is 32.3 Å². The number of aromatic nitrogens is 3. The summed E-state index contributed by atoms with van der Waals surface area (Å²) in [4.78, 5) is 38.6. The van der Waals surface area contributed by atoms with E-state index in [0.717, 1.165) is 11.8 Å². The third-order valence-corrected chi connectivity index (χ3v) is 6.20. The lowest BCUT2D eigenvalue weighted by molar-refractivity contribution is 0.0470. The minimum atomic E-state index is -0.967. The van der Waals surface area contributed by atoms with E-state index in [2.05, 4.69) is 0 Å². The van der Waals surface area contributed by atoms with Crippen molar-refractivity contribution >= 4 is 23.4 Å². The highest BCUT2D eigenvalue weighted by atomic mass is 35.5. The first-order valence-corrected chi connectivity index (χ1v) is 11.2. The first-order chi connectivity index (χ1) is 16.6. The van der Waals surface area contributed by atoms with Crippen molar-refractivity contribution in [2.45, 2.75) is 20.8 Å². The Labute approximate surface area is 205 Å². The van der Waals surface area contributed by atoms with Gasteiger partial charge in [-0.25, -0.2) is 13.9 Å². The van der Waals surface area contributed by atoms with E-state index in [9.17, 15) is 18.8 Å². The van der Waals surface area contributed by atoms with Crippen molar-refractivity contribution in [3.8, 4) is 11.4 Å². The van der Waals surface area contributed by atoms with Gasteiger partial charge in [-0.1, -0.05) is 29.8 Å². The minimum Gasteiger partial charge on any atom is -0.454 e. The van der Waals surface area contributed by atoms with Crippen LogP contribution in [0.1, 0.15) is 37.8 Å². The maximum atomic E-state index is 14.0. The van der Waals surface area contributed by atoms with Crippen molar-refractivity contribution in [2.75, 3.05) is 6.61 Å². The Kier molecular flexibility index (Phi) is 6.49. The van der Waals surface area contributed by atoms with Crippen LogP contribution in [0.3, 0.4) is 0 Å². The molecule has 0 spiro atoms. The third kappa shape index (κ3) is 4.33. The normalized spacial score (nSPS) is 11.0. The van der Waals surface area contributed by atoms with Gasteiger partial charge in [0.05, 0.1) is 16.9 Å². The summed E-state index contributed by atoms with van der Waals surface area (Å²) in [5, 5.41) is 0.144. The maximum absolute atomic E-state index is 14.0. The minimum absolute atomic E-state index is 0.144. The fourth-order valence-corrected chi connectivity index (χ4v) is 4.30. The Balaban J connectivity index is 1.65. The number of rotatable bonds is 6. The van der Waals surface area contributed by atoms with Gasteiger partial charge in [-0.2, -0.15) is 0 Å². The first-order valence-electron chi connectivity index (χ1n) is 10.8. The lowest BCUT2D eigenvalue weighted by Crippen LogP contribution is -2.22. The molecule has 0 aliphatic heterocycles. The van der Waals surface area contributed by atoms with Crippen LogP contribution in [0.25, 0.3) is 11.4 Å². The van der Waals surface area contributed by atoms with Crippen LogP contribution >= 0.6 is 11.6 Å². The molecular weight excluding hydrogens is 473 g/mol. The van der Waals surface area contributed by atoms with Gasteiger partial charge in [-0.05, 0) is 57.2 Å². The highest BCUT2D eigenvalue weighted by Gasteiger charge is 2.24. The van der Waals surface area contributed by atoms with Gasteiger partial charge in [0, 0.05) is 29.0 Å². The van der Waals surface area contributed by atoms with Crippen molar-refractivity contribution < 1.29 is 18.7 Å². The molecule has 0 bridgehead atoms. The molecular formula is C26H23ClFN3O4. The number of hydrogen-bond acceptors (Lipinski definition) is 4. The molecule has 0 aliphatic rings. The summed E-state index contributed by atoms with van der Waals surface area (Å²) in [5.41, 5.74) is 2.82. The zero-order chi connectivity index (χ0) is 25.4. The molecule has 0 atom stereocenters. The fourth-order valence-electron chi connectivity index (χ4n) is 4.14. The van der Waals surface area contributed by atoms with Crippen LogP contribution in [0.5, 0.6) is 0 Å². The number of para-hydroxylation sites is 1. The summed E-state index contributed by atoms with van der Waals surface area (Å²) in [6, 6.07) is 14.5. The molecule has 0 saturated heterocycles. The molecule has 9 heteroatoms. The SMILES string of the molecule is Cc1cc(C(=O)COC(=O)c2ccc(Cl)cc2F)c(C)n1-c1c(C)n(C)n(-c2ccccc2)c1=O. The molecule has 0 radical (unpaired) electrons. The van der Waals surface area contributed by atoms with Gasteiger partial charge in [0.25, 0.3) is 5.56 Å². The van der Waals surface area contributed by atoms with Crippen LogP contribution in [-0.2, 0) is 11.8 Å². The Morgan fingerprint density at radius 1 is 0.971 bits per heavy atom. The number of carbonyl (C=O) groups is 2. The lowest BCUT2D eigenvalue weighted by atomic mass is 10.1. The molecule has 2 aromatic heterocycles. The van der Waals surface area contributed by atoms with Crippen LogP contribution in [0.15, 0.2) is 59.4 Å². The highest BCUT2D eigenvalue weighted by molar-refractivity contribution is 6.30. The first kappa shape index (κ1) is 24.2. The number of ketones is 1. The van der Waals surface area contributed by atoms with Gasteiger partial charge in [-0.3, -0.25) is 14.3 Å². The Morgan fingerprint density at radius 2 is 1.66 bits per heavy atom. The summed E-state index contributed by atoms with van der Waals surface area (Å²) >= 11 is 5.71. The van der Waals surface area contributed by atoms with E-state index in [0.29, 0.717) is 28.3 Å². The molecule has 2 aromatic carbocycles. The Morgan fingerprint density at radius 3 is 2.31 bits per heavy atom. The zero-order valence-electron chi connectivity index (χ0n) is 19.6. The number of hydrogen-bond donors (Lipinski definition) is 0. The van der Waals surface area contributed by atoms with Gasteiger partial charge in [0.2, 0.25) is 5.78 Å². The van der Waals surface area contributed by atoms with Crippen LogP contribution < -0.4 is 5.56 Å². The molecule has 2 heterocycles. The molecule has 180 valence electrons. The van der Waals surface area contributed by atoms with Crippen LogP contribution in [0, 0.1) is 26.6 Å². The second-order valence-corrected chi connectivity index (χ2v) is 8.59. The number of Topliss-reactive ketones (excluding diaryl/α,β-unsaturated/α-hetero) is 1. The molecule has 0 unspecified atom stereocenters. The van der Waals surface area contributed by atoms with Gasteiger partial charge in [0.15, 0.2) is 6.61 Å². The smallest absolute Gasteiger partial charge is 0.341 e. The Bertz CT molecular complexity index is 1520. The predicted octanol–water partition coefficient (Wildman–Crippen LogP) is 4.72. The van der Waals surface area contributed by atoms with E-state index in [1.54, 1.807) is 40.9 Å². The monoisotopic (exact) mass is 495 g/mol. The molecule has 4 aromatic rings. The molecule has 0 aliphatic carbocycles. The van der Waals surface area contributed by atoms with Crippen molar-refractivity contribution in [1.29, 1.82) is 0 Å². The summed E-state index contributed by atoms with van der Waals surface area (Å²) in [6.07, 6.45) is 0. The highest BCUT2D eigenvalue weighted by Crippen LogP contribution is 2.23. The van der Waals surface area contributed by atoms with Crippen LogP contribution in [0.2, 0.25) is 5.02 Å². The van der Waals surface area contributed by atoms with Crippen molar-refractivity contribution in [1.82, 2.24) is 13.9 Å². The average Bonchev–Trinajstić information content (AvgIpc) is 3.23. The van der Waals surface area contributed by atoms with E-state index < -0.39 is 24.2 Å². The van der Waals surface area contributed by atoms with E-state index in [1.165, 1.54) is 12.1 Å². The van der Waals surface area contributed by atoms with E-state index >= 15 is 0 Å². The zero-order valence-corrected chi connectivity index (χ0v) is 20.4. The van der Waals surface area contributed by atoms with Gasteiger partial charge < -0.3 is 9.30 Å². The predicted molar refractivity (Wildman–Crippen MR) is 131 cm³/mol. The number of benzene rings is 2. The second kappa shape index (κ2) is 9.38. The third-order valence-electron chi connectivity index (χ3n) is 5.96. The van der Waals surface area contributed by atoms with Crippen LogP contribution in [0.4, 0.5) is 4.39 Å². The van der Waals surface area contributed by atoms with E-state index in [-0.39, 0.29) is 16.1 Å². The van der Waals surface area contributed by atoms with Gasteiger partial charge >= 0.3 is 5.97 Å². The molecule has 7 nitrogen and oxygen atoms in total. The number of halogens is 2. The van der Waals surface area contributed by atoms with E-state index in [4.69, 9.17) is 16.3 Å². The lowest BCUT2D eigenvalue weighted by Gasteiger charge is -2.09. The van der Waals surface area contributed by atoms with Gasteiger partial charge in [-0.15, -0.1) is 0 Å². The molecule has 0 saturated carbocycles. The van der Waals surface area contributed by atoms with Crippen molar-refractivity contribution in [3.05, 3.63) is 104 Å². The number of esters is 1. The summed E-state index contributed by atoms with van der Waals surface area (Å²) in [7, 11) is 1.79. The molecule has 4 rings (SSSR count). The molecule has 35 heavy (non-hydrogen) atoms. The summed E-state index contributed by atoms with van der Waals surface area (Å²) in [5.74, 6) is -2.27. The fraction of sp³-hybridized carbons (Fsp3) is 0.192. The quantitative estimate of drug-likeness (QED) is 0.286. The number of ether oxygens (including phenoxy) is 1. The van der Waals surface area contributed by atoms with Crippen molar-refractivity contribution in [3.63, 3.8) is 0 Å². The van der Waals surface area contributed by atoms with E-state index in [1.807, 2.05) is 37.3 Å². The molecule has 0 amide bonds. The largest absolute Gasteiger partial charge is 0.454 e. The molecule has 0 fully saturated rings. The number of nitrogens with zero attached hydrogens (tertiary/aromatic N) is 3. The standard InChI is InChI=1S/C26H23ClFN3O4/c1-15-12-21(23(32)14-35-26(34)20-11-10-18(27)13-22(20)28)16(2)30(15)24-17(3)29(4)31(25(24)33)19-8-6-5-7-9-19/h5-13H,14H2,1-4H3. The maximum Gasteiger partial charge on any atom is 0.341 e.